The predicted octanol–water partition coefficient (Wildman–Crippen LogP) is 3.23. The van der Waals surface area contributed by atoms with Gasteiger partial charge < -0.3 is 15.3 Å². The third-order valence-electron chi connectivity index (χ3n) is 5.84. The molecule has 0 unspecified atom stereocenters. The third-order valence-corrected chi connectivity index (χ3v) is 5.84. The van der Waals surface area contributed by atoms with Crippen molar-refractivity contribution in [2.45, 2.75) is 32.7 Å². The zero-order valence-electron chi connectivity index (χ0n) is 17.5. The minimum Gasteiger partial charge on any atom is -0.493 e. The standard InChI is InChI=1S/C22H25F2N5O2/c1-13(2)28-7-5-14(6-8-28)11-25-22(31)17-12-26-29-20(30)10-19(27-21(17)29)16-4-3-15(23)9-18(16)24/h3-4,9-10,12-14,30H,5-8,11H2,1-2H3,(H,25,31). The van der Waals surface area contributed by atoms with Gasteiger partial charge in [0, 0.05) is 30.3 Å². The number of hydrogen-bond donors (Lipinski definition) is 2. The van der Waals surface area contributed by atoms with Crippen molar-refractivity contribution in [1.82, 2.24) is 24.8 Å². The number of rotatable bonds is 5. The fourth-order valence-corrected chi connectivity index (χ4v) is 3.95. The average Bonchev–Trinajstić information content (AvgIpc) is 3.17. The maximum Gasteiger partial charge on any atom is 0.256 e. The van der Waals surface area contributed by atoms with E-state index in [0.717, 1.165) is 42.6 Å². The molecule has 0 saturated carbocycles. The van der Waals surface area contributed by atoms with Crippen LogP contribution in [0.3, 0.4) is 0 Å². The molecule has 1 fully saturated rings. The van der Waals surface area contributed by atoms with E-state index in [1.54, 1.807) is 0 Å². The lowest BCUT2D eigenvalue weighted by Crippen LogP contribution is -2.41. The van der Waals surface area contributed by atoms with Crippen molar-refractivity contribution >= 4 is 11.6 Å². The molecule has 7 nitrogen and oxygen atoms in total. The Morgan fingerprint density at radius 1 is 1.26 bits per heavy atom. The molecule has 164 valence electrons. The number of amides is 1. The fourth-order valence-electron chi connectivity index (χ4n) is 3.95. The van der Waals surface area contributed by atoms with E-state index in [1.807, 2.05) is 0 Å². The van der Waals surface area contributed by atoms with Gasteiger partial charge in [0.15, 0.2) is 5.65 Å². The van der Waals surface area contributed by atoms with Gasteiger partial charge in [-0.25, -0.2) is 13.8 Å². The van der Waals surface area contributed by atoms with E-state index >= 15 is 0 Å². The molecule has 1 saturated heterocycles. The SMILES string of the molecule is CC(C)N1CCC(CNC(=O)c2cnn3c(O)cc(-c4ccc(F)cc4F)nc23)CC1. The summed E-state index contributed by atoms with van der Waals surface area (Å²) in [6.45, 7) is 6.93. The molecule has 2 aromatic heterocycles. The van der Waals surface area contributed by atoms with Gasteiger partial charge in [-0.15, -0.1) is 0 Å². The molecule has 0 radical (unpaired) electrons. The molecular formula is C22H25F2N5O2. The van der Waals surface area contributed by atoms with Crippen LogP contribution in [0.25, 0.3) is 16.9 Å². The van der Waals surface area contributed by atoms with E-state index in [0.29, 0.717) is 18.5 Å². The van der Waals surface area contributed by atoms with Crippen LogP contribution in [-0.4, -0.2) is 56.2 Å². The predicted molar refractivity (Wildman–Crippen MR) is 112 cm³/mol. The van der Waals surface area contributed by atoms with Crippen LogP contribution >= 0.6 is 0 Å². The van der Waals surface area contributed by atoms with Gasteiger partial charge in [-0.1, -0.05) is 0 Å². The molecule has 1 amide bonds. The Morgan fingerprint density at radius 2 is 2.00 bits per heavy atom. The lowest BCUT2D eigenvalue weighted by Gasteiger charge is -2.34. The van der Waals surface area contributed by atoms with Gasteiger partial charge in [0.2, 0.25) is 5.88 Å². The van der Waals surface area contributed by atoms with Gasteiger partial charge in [-0.2, -0.15) is 9.61 Å². The smallest absolute Gasteiger partial charge is 0.256 e. The summed E-state index contributed by atoms with van der Waals surface area (Å²) >= 11 is 0. The Hall–Kier alpha value is -3.07. The number of halogens is 2. The molecule has 0 atom stereocenters. The van der Waals surface area contributed by atoms with Crippen LogP contribution in [0, 0.1) is 17.6 Å². The number of aromatic nitrogens is 3. The number of aromatic hydroxyl groups is 1. The molecule has 3 aromatic rings. The summed E-state index contributed by atoms with van der Waals surface area (Å²) in [5.74, 6) is -1.79. The van der Waals surface area contributed by atoms with Crippen LogP contribution in [0.4, 0.5) is 8.78 Å². The highest BCUT2D eigenvalue weighted by molar-refractivity contribution is 6.00. The van der Waals surface area contributed by atoms with Crippen molar-refractivity contribution in [3.05, 3.63) is 47.7 Å². The second-order valence-corrected chi connectivity index (χ2v) is 8.20. The molecule has 9 heteroatoms. The maximum atomic E-state index is 14.2. The van der Waals surface area contributed by atoms with E-state index in [1.165, 1.54) is 18.3 Å². The molecule has 1 aliphatic heterocycles. The van der Waals surface area contributed by atoms with Gasteiger partial charge in [0.25, 0.3) is 5.91 Å². The molecule has 2 N–H and O–H groups in total. The number of hydrogen-bond acceptors (Lipinski definition) is 5. The van der Waals surface area contributed by atoms with Gasteiger partial charge in [0.05, 0.1) is 11.9 Å². The van der Waals surface area contributed by atoms with Gasteiger partial charge >= 0.3 is 0 Å². The molecule has 31 heavy (non-hydrogen) atoms. The van der Waals surface area contributed by atoms with Crippen molar-refractivity contribution in [2.75, 3.05) is 19.6 Å². The number of fused-ring (bicyclic) bond motifs is 1. The lowest BCUT2D eigenvalue weighted by atomic mass is 9.96. The number of carbonyl (C=O) groups excluding carboxylic acids is 1. The minimum absolute atomic E-state index is 0.0173. The Morgan fingerprint density at radius 3 is 2.68 bits per heavy atom. The molecule has 1 aromatic carbocycles. The van der Waals surface area contributed by atoms with Gasteiger partial charge in [0.1, 0.15) is 17.2 Å². The topological polar surface area (TPSA) is 82.8 Å². The number of carbonyl (C=O) groups is 1. The van der Waals surface area contributed by atoms with E-state index in [9.17, 15) is 18.7 Å². The Bertz CT molecular complexity index is 1110. The van der Waals surface area contributed by atoms with Crippen molar-refractivity contribution in [3.8, 4) is 17.1 Å². The summed E-state index contributed by atoms with van der Waals surface area (Å²) in [6, 6.07) is 4.83. The van der Waals surface area contributed by atoms with Gasteiger partial charge in [-0.05, 0) is 57.8 Å². The Balaban J connectivity index is 1.53. The van der Waals surface area contributed by atoms with E-state index in [2.05, 4.69) is 34.1 Å². The van der Waals surface area contributed by atoms with Crippen LogP contribution in [0.15, 0.2) is 30.5 Å². The van der Waals surface area contributed by atoms with Crippen molar-refractivity contribution in [2.24, 2.45) is 5.92 Å². The van der Waals surface area contributed by atoms with Crippen LogP contribution in [0.2, 0.25) is 0 Å². The quantitative estimate of drug-likeness (QED) is 0.651. The summed E-state index contributed by atoms with van der Waals surface area (Å²) in [4.78, 5) is 19.5. The molecule has 4 rings (SSSR count). The third kappa shape index (κ3) is 4.36. The molecular weight excluding hydrogens is 404 g/mol. The number of benzene rings is 1. The fraction of sp³-hybridized carbons (Fsp3) is 0.409. The zero-order valence-corrected chi connectivity index (χ0v) is 17.5. The number of nitrogens with zero attached hydrogens (tertiary/aromatic N) is 4. The van der Waals surface area contributed by atoms with E-state index in [-0.39, 0.29) is 34.3 Å². The maximum absolute atomic E-state index is 14.2. The monoisotopic (exact) mass is 429 g/mol. The molecule has 3 heterocycles. The molecule has 0 aliphatic carbocycles. The van der Waals surface area contributed by atoms with E-state index < -0.39 is 11.6 Å². The second kappa shape index (κ2) is 8.58. The molecule has 1 aliphatic rings. The Kier molecular flexibility index (Phi) is 5.86. The highest BCUT2D eigenvalue weighted by atomic mass is 19.1. The summed E-state index contributed by atoms with van der Waals surface area (Å²) in [6.07, 6.45) is 3.35. The summed E-state index contributed by atoms with van der Waals surface area (Å²) in [7, 11) is 0. The summed E-state index contributed by atoms with van der Waals surface area (Å²) in [5.41, 5.74) is 0.381. The number of likely N-dealkylation sites (tertiary alicyclic amines) is 1. The number of piperidine rings is 1. The Labute approximate surface area is 178 Å². The average molecular weight is 429 g/mol. The lowest BCUT2D eigenvalue weighted by molar-refractivity contribution is 0.0931. The normalized spacial score (nSPS) is 15.6. The second-order valence-electron chi connectivity index (χ2n) is 8.20. The summed E-state index contributed by atoms with van der Waals surface area (Å²) in [5, 5.41) is 17.2. The highest BCUT2D eigenvalue weighted by Gasteiger charge is 2.23. The van der Waals surface area contributed by atoms with Crippen LogP contribution < -0.4 is 5.32 Å². The minimum atomic E-state index is -0.811. The van der Waals surface area contributed by atoms with Crippen molar-refractivity contribution in [3.63, 3.8) is 0 Å². The first-order valence-corrected chi connectivity index (χ1v) is 10.4. The van der Waals surface area contributed by atoms with Crippen molar-refractivity contribution in [1.29, 1.82) is 0 Å². The summed E-state index contributed by atoms with van der Waals surface area (Å²) < 4.78 is 28.5. The van der Waals surface area contributed by atoms with Crippen LogP contribution in [0.5, 0.6) is 5.88 Å². The van der Waals surface area contributed by atoms with E-state index in [4.69, 9.17) is 0 Å². The first-order valence-electron chi connectivity index (χ1n) is 10.4. The zero-order chi connectivity index (χ0) is 22.1. The van der Waals surface area contributed by atoms with Crippen LogP contribution in [-0.2, 0) is 0 Å². The molecule has 0 spiro atoms. The van der Waals surface area contributed by atoms with Crippen LogP contribution in [0.1, 0.15) is 37.0 Å². The van der Waals surface area contributed by atoms with Gasteiger partial charge in [-0.3, -0.25) is 4.79 Å². The highest BCUT2D eigenvalue weighted by Crippen LogP contribution is 2.27. The molecule has 0 bridgehead atoms. The largest absolute Gasteiger partial charge is 0.493 e. The first kappa shape index (κ1) is 21.2. The number of nitrogens with one attached hydrogen (secondary N) is 1. The van der Waals surface area contributed by atoms with Crippen molar-refractivity contribution < 1.29 is 18.7 Å². The first-order chi connectivity index (χ1) is 14.8.